The minimum atomic E-state index is -5.26. The number of hydrogen-bond acceptors (Lipinski definition) is 5. The summed E-state index contributed by atoms with van der Waals surface area (Å²) in [6.07, 6.45) is 2.84. The fourth-order valence-electron chi connectivity index (χ4n) is 2.72. The van der Waals surface area contributed by atoms with E-state index in [-0.39, 0.29) is 32.0 Å². The molecule has 2 N–H and O–H groups in total. The van der Waals surface area contributed by atoms with Crippen molar-refractivity contribution >= 4 is 16.0 Å². The molecule has 0 bridgehead atoms. The van der Waals surface area contributed by atoms with E-state index in [1.54, 1.807) is 19.4 Å². The molecule has 2 heterocycles. The molecule has 2 rings (SSSR count). The maximum atomic E-state index is 12.6. The van der Waals surface area contributed by atoms with Crippen molar-refractivity contribution in [2.75, 3.05) is 33.3 Å². The van der Waals surface area contributed by atoms with Gasteiger partial charge in [-0.3, -0.25) is 4.99 Å². The molecule has 1 aromatic rings. The quantitative estimate of drug-likeness (QED) is 0.373. The van der Waals surface area contributed by atoms with Crippen LogP contribution in [0.15, 0.2) is 27.8 Å². The number of aliphatic imine (C=N–C) groups is 1. The largest absolute Gasteiger partial charge is 0.511 e. The molecular weight excluding hydrogens is 401 g/mol. The number of hydrogen-bond donors (Lipinski definition) is 2. The van der Waals surface area contributed by atoms with Gasteiger partial charge in [0, 0.05) is 39.3 Å². The Bertz CT molecular complexity index is 715. The van der Waals surface area contributed by atoms with Gasteiger partial charge in [-0.15, -0.1) is 0 Å². The van der Waals surface area contributed by atoms with Gasteiger partial charge in [0.25, 0.3) is 0 Å². The second kappa shape index (κ2) is 10.1. The first-order chi connectivity index (χ1) is 13.2. The van der Waals surface area contributed by atoms with E-state index in [0.717, 1.165) is 12.2 Å². The van der Waals surface area contributed by atoms with Gasteiger partial charge in [-0.25, -0.2) is 8.42 Å². The average molecular weight is 426 g/mol. The van der Waals surface area contributed by atoms with E-state index in [4.69, 9.17) is 9.15 Å². The zero-order valence-electron chi connectivity index (χ0n) is 15.5. The fraction of sp³-hybridized carbons (Fsp3) is 0.688. The number of ether oxygens (including phenoxy) is 1. The third-order valence-corrected chi connectivity index (χ3v) is 5.86. The Morgan fingerprint density at radius 3 is 2.68 bits per heavy atom. The number of furan rings is 1. The van der Waals surface area contributed by atoms with Crippen molar-refractivity contribution in [2.24, 2.45) is 4.99 Å². The van der Waals surface area contributed by atoms with Crippen LogP contribution in [0.4, 0.5) is 13.2 Å². The summed E-state index contributed by atoms with van der Waals surface area (Å²) in [5.41, 5.74) is -5.26. The molecule has 0 atom stereocenters. The Morgan fingerprint density at radius 1 is 1.39 bits per heavy atom. The molecule has 1 saturated heterocycles. The number of piperidine rings is 1. The lowest BCUT2D eigenvalue weighted by Crippen LogP contribution is -2.51. The summed E-state index contributed by atoms with van der Waals surface area (Å²) in [5, 5.41) is 6.21. The highest BCUT2D eigenvalue weighted by atomic mass is 32.2. The minimum absolute atomic E-state index is 0.152. The monoisotopic (exact) mass is 426 g/mol. The molecule has 28 heavy (non-hydrogen) atoms. The second-order valence-corrected chi connectivity index (χ2v) is 8.18. The lowest BCUT2D eigenvalue weighted by Gasteiger charge is -2.32. The van der Waals surface area contributed by atoms with Gasteiger partial charge >= 0.3 is 15.5 Å². The molecular formula is C16H25F3N4O4S. The molecule has 0 aromatic carbocycles. The first-order valence-electron chi connectivity index (χ1n) is 8.88. The molecule has 1 fully saturated rings. The normalized spacial score (nSPS) is 17.6. The molecule has 0 saturated carbocycles. The summed E-state index contributed by atoms with van der Waals surface area (Å²) in [5.74, 6) is 1.27. The number of nitrogens with zero attached hydrogens (tertiary/aromatic N) is 2. The number of nitrogens with one attached hydrogen (secondary N) is 2. The molecule has 8 nitrogen and oxygen atoms in total. The molecule has 0 radical (unpaired) electrons. The molecule has 0 aliphatic carbocycles. The molecule has 12 heteroatoms. The van der Waals surface area contributed by atoms with Gasteiger partial charge in [-0.1, -0.05) is 0 Å². The fourth-order valence-corrected chi connectivity index (χ4v) is 3.71. The van der Waals surface area contributed by atoms with Crippen LogP contribution in [0.2, 0.25) is 0 Å². The zero-order valence-corrected chi connectivity index (χ0v) is 16.4. The lowest BCUT2D eigenvalue weighted by atomic mass is 10.1. The van der Waals surface area contributed by atoms with Crippen molar-refractivity contribution in [3.63, 3.8) is 0 Å². The van der Waals surface area contributed by atoms with Gasteiger partial charge < -0.3 is 19.8 Å². The van der Waals surface area contributed by atoms with Crippen molar-refractivity contribution in [3.8, 4) is 0 Å². The molecule has 160 valence electrons. The van der Waals surface area contributed by atoms with E-state index in [1.165, 1.54) is 0 Å². The standard InChI is InChI=1S/C16H25F3N4O4S/c1-20-15(21-7-3-10-26-12-14-4-2-11-27-14)22-13-5-8-23(9-6-13)28(24,25)16(17,18)19/h2,4,11,13H,3,5-10,12H2,1H3,(H2,20,21,22). The van der Waals surface area contributed by atoms with Gasteiger partial charge in [0.05, 0.1) is 6.26 Å². The van der Waals surface area contributed by atoms with Crippen molar-refractivity contribution in [1.29, 1.82) is 0 Å². The maximum absolute atomic E-state index is 12.6. The summed E-state index contributed by atoms with van der Waals surface area (Å²) >= 11 is 0. The molecule has 0 unspecified atom stereocenters. The predicted molar refractivity (Wildman–Crippen MR) is 97.0 cm³/mol. The van der Waals surface area contributed by atoms with Crippen LogP contribution in [0.1, 0.15) is 25.0 Å². The van der Waals surface area contributed by atoms with Crippen LogP contribution in [0.5, 0.6) is 0 Å². The van der Waals surface area contributed by atoms with Gasteiger partial charge in [-0.05, 0) is 31.4 Å². The van der Waals surface area contributed by atoms with E-state index in [1.807, 2.05) is 6.07 Å². The second-order valence-electron chi connectivity index (χ2n) is 6.25. The third kappa shape index (κ3) is 6.38. The SMILES string of the molecule is CN=C(NCCCOCc1ccco1)NC1CCN(S(=O)(=O)C(F)(F)F)CC1. The lowest BCUT2D eigenvalue weighted by molar-refractivity contribution is -0.0494. The van der Waals surface area contributed by atoms with Crippen LogP contribution in [0.25, 0.3) is 0 Å². The molecule has 1 aliphatic rings. The van der Waals surface area contributed by atoms with Crippen LogP contribution in [0.3, 0.4) is 0 Å². The smallest absolute Gasteiger partial charge is 0.467 e. The van der Waals surface area contributed by atoms with Gasteiger partial charge in [0.15, 0.2) is 5.96 Å². The Hall–Kier alpha value is -1.79. The highest BCUT2D eigenvalue weighted by molar-refractivity contribution is 7.90. The highest BCUT2D eigenvalue weighted by Gasteiger charge is 2.50. The molecule has 0 spiro atoms. The zero-order chi connectivity index (χ0) is 20.6. The van der Waals surface area contributed by atoms with E-state index in [0.29, 0.717) is 30.0 Å². The van der Waals surface area contributed by atoms with Gasteiger partial charge in [0.1, 0.15) is 12.4 Å². The summed E-state index contributed by atoms with van der Waals surface area (Å²) < 4.78 is 71.7. The minimum Gasteiger partial charge on any atom is -0.467 e. The van der Waals surface area contributed by atoms with Crippen LogP contribution in [-0.4, -0.2) is 63.5 Å². The van der Waals surface area contributed by atoms with Crippen LogP contribution in [0, 0.1) is 0 Å². The van der Waals surface area contributed by atoms with E-state index >= 15 is 0 Å². The summed E-state index contributed by atoms with van der Waals surface area (Å²) in [6.45, 7) is 1.16. The van der Waals surface area contributed by atoms with Crippen LogP contribution >= 0.6 is 0 Å². The number of guanidine groups is 1. The summed E-state index contributed by atoms with van der Waals surface area (Å²) in [6, 6.07) is 3.47. The first kappa shape index (κ1) is 22.5. The Kier molecular flexibility index (Phi) is 8.13. The van der Waals surface area contributed by atoms with E-state index in [2.05, 4.69) is 15.6 Å². The predicted octanol–water partition coefficient (Wildman–Crippen LogP) is 1.67. The van der Waals surface area contributed by atoms with Gasteiger partial charge in [0.2, 0.25) is 0 Å². The number of alkyl halides is 3. The molecule has 1 aromatic heterocycles. The number of rotatable bonds is 8. The van der Waals surface area contributed by atoms with E-state index < -0.39 is 15.5 Å². The number of halogens is 3. The first-order valence-corrected chi connectivity index (χ1v) is 10.3. The Balaban J connectivity index is 1.64. The molecule has 0 amide bonds. The van der Waals surface area contributed by atoms with Crippen molar-refractivity contribution in [2.45, 2.75) is 37.4 Å². The van der Waals surface area contributed by atoms with Gasteiger partial charge in [-0.2, -0.15) is 17.5 Å². The summed E-state index contributed by atoms with van der Waals surface area (Å²) in [7, 11) is -3.67. The molecule has 1 aliphatic heterocycles. The Morgan fingerprint density at radius 2 is 2.11 bits per heavy atom. The maximum Gasteiger partial charge on any atom is 0.511 e. The third-order valence-electron chi connectivity index (χ3n) is 4.23. The average Bonchev–Trinajstić information content (AvgIpc) is 3.16. The van der Waals surface area contributed by atoms with Crippen LogP contribution < -0.4 is 10.6 Å². The summed E-state index contributed by atoms with van der Waals surface area (Å²) in [4.78, 5) is 4.07. The number of sulfonamides is 1. The van der Waals surface area contributed by atoms with E-state index in [9.17, 15) is 21.6 Å². The topological polar surface area (TPSA) is 96.2 Å². The van der Waals surface area contributed by atoms with Crippen molar-refractivity contribution < 1.29 is 30.7 Å². The van der Waals surface area contributed by atoms with Crippen LogP contribution in [-0.2, 0) is 21.4 Å². The van der Waals surface area contributed by atoms with Crippen molar-refractivity contribution in [1.82, 2.24) is 14.9 Å². The Labute approximate surface area is 162 Å². The highest BCUT2D eigenvalue weighted by Crippen LogP contribution is 2.28. The van der Waals surface area contributed by atoms with Crippen molar-refractivity contribution in [3.05, 3.63) is 24.2 Å².